The molecule has 3 heterocycles. The molecule has 108 valence electrons. The van der Waals surface area contributed by atoms with Gasteiger partial charge in [0.2, 0.25) is 5.76 Å². The molecule has 0 N–H and O–H groups in total. The van der Waals surface area contributed by atoms with Gasteiger partial charge in [-0.25, -0.2) is 14.6 Å². The van der Waals surface area contributed by atoms with Crippen LogP contribution in [0.4, 0.5) is 0 Å². The standard InChI is InChI=1S/C14H12N2O5/c1-8-6-9(20-11(8)13(17)19-2)7-16-12-10(21-14(16)18)4-3-5-15-12/h3-6H,7H2,1-2H3. The summed E-state index contributed by atoms with van der Waals surface area (Å²) in [6, 6.07) is 5.02. The van der Waals surface area contributed by atoms with Crippen LogP contribution in [0, 0.1) is 6.92 Å². The molecule has 0 amide bonds. The normalized spacial score (nSPS) is 11.0. The van der Waals surface area contributed by atoms with E-state index < -0.39 is 11.7 Å². The molecule has 3 aromatic heterocycles. The third-order valence-electron chi connectivity index (χ3n) is 3.08. The zero-order chi connectivity index (χ0) is 15.0. The first-order chi connectivity index (χ1) is 10.1. The number of carbonyl (C=O) groups excluding carboxylic acids is 1. The summed E-state index contributed by atoms with van der Waals surface area (Å²) in [4.78, 5) is 27.5. The molecule has 3 rings (SSSR count). The molecule has 0 saturated carbocycles. The fourth-order valence-corrected chi connectivity index (χ4v) is 2.12. The lowest BCUT2D eigenvalue weighted by molar-refractivity contribution is 0.0561. The molecule has 7 nitrogen and oxygen atoms in total. The maximum Gasteiger partial charge on any atom is 0.421 e. The Kier molecular flexibility index (Phi) is 3.09. The van der Waals surface area contributed by atoms with Crippen LogP contribution in [0.25, 0.3) is 11.2 Å². The fourth-order valence-electron chi connectivity index (χ4n) is 2.12. The number of fused-ring (bicyclic) bond motifs is 1. The number of oxazole rings is 1. The second-order valence-corrected chi connectivity index (χ2v) is 4.50. The van der Waals surface area contributed by atoms with Crippen LogP contribution in [0.2, 0.25) is 0 Å². The highest BCUT2D eigenvalue weighted by Gasteiger charge is 2.18. The lowest BCUT2D eigenvalue weighted by atomic mass is 10.2. The summed E-state index contributed by atoms with van der Waals surface area (Å²) < 4.78 is 16.5. The van der Waals surface area contributed by atoms with Crippen LogP contribution in [0.5, 0.6) is 0 Å². The van der Waals surface area contributed by atoms with E-state index in [2.05, 4.69) is 9.72 Å². The molecule has 0 aliphatic carbocycles. The van der Waals surface area contributed by atoms with Gasteiger partial charge in [0.25, 0.3) is 0 Å². The van der Waals surface area contributed by atoms with Gasteiger partial charge in [0.15, 0.2) is 11.2 Å². The number of pyridine rings is 1. The van der Waals surface area contributed by atoms with Gasteiger partial charge < -0.3 is 13.6 Å². The summed E-state index contributed by atoms with van der Waals surface area (Å²) in [6.45, 7) is 1.86. The highest BCUT2D eigenvalue weighted by Crippen LogP contribution is 2.18. The van der Waals surface area contributed by atoms with E-state index >= 15 is 0 Å². The van der Waals surface area contributed by atoms with Crippen molar-refractivity contribution in [1.82, 2.24) is 9.55 Å². The summed E-state index contributed by atoms with van der Waals surface area (Å²) >= 11 is 0. The number of aromatic nitrogens is 2. The van der Waals surface area contributed by atoms with Crippen LogP contribution in [-0.2, 0) is 11.3 Å². The number of rotatable bonds is 3. The van der Waals surface area contributed by atoms with E-state index in [-0.39, 0.29) is 12.3 Å². The minimum Gasteiger partial charge on any atom is -0.463 e. The van der Waals surface area contributed by atoms with Gasteiger partial charge in [-0.3, -0.25) is 4.57 Å². The Hall–Kier alpha value is -2.83. The first-order valence-electron chi connectivity index (χ1n) is 6.22. The van der Waals surface area contributed by atoms with Gasteiger partial charge in [-0.1, -0.05) is 0 Å². The molecular formula is C14H12N2O5. The second-order valence-electron chi connectivity index (χ2n) is 4.50. The first-order valence-corrected chi connectivity index (χ1v) is 6.22. The van der Waals surface area contributed by atoms with Crippen molar-refractivity contribution in [3.8, 4) is 0 Å². The zero-order valence-corrected chi connectivity index (χ0v) is 11.5. The van der Waals surface area contributed by atoms with Gasteiger partial charge in [0.05, 0.1) is 13.7 Å². The largest absolute Gasteiger partial charge is 0.463 e. The van der Waals surface area contributed by atoms with Gasteiger partial charge >= 0.3 is 11.7 Å². The van der Waals surface area contributed by atoms with E-state index in [1.165, 1.54) is 11.7 Å². The third-order valence-corrected chi connectivity index (χ3v) is 3.08. The molecule has 0 bridgehead atoms. The van der Waals surface area contributed by atoms with Gasteiger partial charge in [0.1, 0.15) is 5.76 Å². The van der Waals surface area contributed by atoms with Crippen LogP contribution in [0.15, 0.2) is 38.0 Å². The van der Waals surface area contributed by atoms with Crippen LogP contribution in [0.3, 0.4) is 0 Å². The maximum atomic E-state index is 11.8. The number of methoxy groups -OCH3 is 1. The Morgan fingerprint density at radius 2 is 2.24 bits per heavy atom. The van der Waals surface area contributed by atoms with Crippen molar-refractivity contribution < 1.29 is 18.4 Å². The SMILES string of the molecule is COC(=O)c1oc(Cn2c(=O)oc3cccnc32)cc1C. The summed E-state index contributed by atoms with van der Waals surface area (Å²) in [6.07, 6.45) is 1.57. The number of esters is 1. The lowest BCUT2D eigenvalue weighted by Crippen LogP contribution is -2.15. The number of carbonyl (C=O) groups is 1. The number of hydrogen-bond acceptors (Lipinski definition) is 6. The van der Waals surface area contributed by atoms with Crippen LogP contribution in [-0.4, -0.2) is 22.6 Å². The average Bonchev–Trinajstić information content (AvgIpc) is 2.99. The van der Waals surface area contributed by atoms with Crippen molar-refractivity contribution in [1.29, 1.82) is 0 Å². The molecule has 7 heteroatoms. The van der Waals surface area contributed by atoms with Crippen LogP contribution in [0.1, 0.15) is 21.9 Å². The molecule has 0 saturated heterocycles. The van der Waals surface area contributed by atoms with Crippen molar-refractivity contribution in [3.63, 3.8) is 0 Å². The van der Waals surface area contributed by atoms with Crippen LogP contribution >= 0.6 is 0 Å². The Morgan fingerprint density at radius 1 is 1.43 bits per heavy atom. The Labute approximate surface area is 118 Å². The van der Waals surface area contributed by atoms with E-state index in [1.54, 1.807) is 31.3 Å². The van der Waals surface area contributed by atoms with E-state index in [0.29, 0.717) is 22.6 Å². The molecule has 0 radical (unpaired) electrons. The minimum atomic E-state index is -0.554. The molecule has 21 heavy (non-hydrogen) atoms. The molecule has 3 aromatic rings. The molecule has 0 aliphatic heterocycles. The van der Waals surface area contributed by atoms with Gasteiger partial charge in [-0.05, 0) is 25.1 Å². The van der Waals surface area contributed by atoms with Crippen molar-refractivity contribution in [2.24, 2.45) is 0 Å². The average molecular weight is 288 g/mol. The van der Waals surface area contributed by atoms with Crippen molar-refractivity contribution in [3.05, 3.63) is 52.0 Å². The maximum absolute atomic E-state index is 11.8. The molecule has 0 aliphatic rings. The monoisotopic (exact) mass is 288 g/mol. The summed E-state index contributed by atoms with van der Waals surface area (Å²) in [5, 5.41) is 0. The molecule has 0 fully saturated rings. The predicted molar refractivity (Wildman–Crippen MR) is 72.2 cm³/mol. The number of furan rings is 1. The van der Waals surface area contributed by atoms with Crippen molar-refractivity contribution in [2.45, 2.75) is 13.5 Å². The third kappa shape index (κ3) is 2.22. The first kappa shape index (κ1) is 13.2. The van der Waals surface area contributed by atoms with Crippen molar-refractivity contribution >= 4 is 17.2 Å². The van der Waals surface area contributed by atoms with Gasteiger partial charge in [0, 0.05) is 11.8 Å². The quantitative estimate of drug-likeness (QED) is 0.682. The van der Waals surface area contributed by atoms with E-state index in [1.807, 2.05) is 0 Å². The molecule has 0 aromatic carbocycles. The van der Waals surface area contributed by atoms with E-state index in [0.717, 1.165) is 0 Å². The molecule has 0 atom stereocenters. The minimum absolute atomic E-state index is 0.126. The van der Waals surface area contributed by atoms with Gasteiger partial charge in [-0.15, -0.1) is 0 Å². The highest BCUT2D eigenvalue weighted by atomic mass is 16.5. The summed E-state index contributed by atoms with van der Waals surface area (Å²) in [5.41, 5.74) is 1.47. The number of aryl methyl sites for hydroxylation is 1. The Bertz CT molecular complexity index is 871. The number of nitrogens with zero attached hydrogens (tertiary/aromatic N) is 2. The molecular weight excluding hydrogens is 276 g/mol. The smallest absolute Gasteiger partial charge is 0.421 e. The van der Waals surface area contributed by atoms with E-state index in [9.17, 15) is 9.59 Å². The Morgan fingerprint density at radius 3 is 3.00 bits per heavy atom. The molecule has 0 unspecified atom stereocenters. The van der Waals surface area contributed by atoms with Crippen LogP contribution < -0.4 is 5.76 Å². The zero-order valence-electron chi connectivity index (χ0n) is 11.5. The lowest BCUT2D eigenvalue weighted by Gasteiger charge is -1.98. The number of ether oxygens (including phenoxy) is 1. The Balaban J connectivity index is 2.01. The van der Waals surface area contributed by atoms with Crippen molar-refractivity contribution in [2.75, 3.05) is 7.11 Å². The summed E-state index contributed by atoms with van der Waals surface area (Å²) in [5.74, 6) is -0.511. The summed E-state index contributed by atoms with van der Waals surface area (Å²) in [7, 11) is 1.28. The highest BCUT2D eigenvalue weighted by molar-refractivity contribution is 5.87. The topological polar surface area (TPSA) is 87.5 Å². The van der Waals surface area contributed by atoms with Gasteiger partial charge in [-0.2, -0.15) is 0 Å². The fraction of sp³-hybridized carbons (Fsp3) is 0.214. The molecule has 0 spiro atoms. The number of hydrogen-bond donors (Lipinski definition) is 0. The predicted octanol–water partition coefficient (Wildman–Crippen LogP) is 1.73. The second kappa shape index (κ2) is 4.93. The van der Waals surface area contributed by atoms with E-state index in [4.69, 9.17) is 8.83 Å².